The maximum Gasteiger partial charge on any atom is 0.277 e. The summed E-state index contributed by atoms with van der Waals surface area (Å²) in [4.78, 5) is 14.2. The van der Waals surface area contributed by atoms with E-state index in [0.29, 0.717) is 13.1 Å². The summed E-state index contributed by atoms with van der Waals surface area (Å²) < 4.78 is 23.6. The fourth-order valence-corrected chi connectivity index (χ4v) is 3.41. The maximum atomic E-state index is 12.5. The number of rotatable bonds is 2. The molecule has 1 atom stereocenters. The predicted octanol–water partition coefficient (Wildman–Crippen LogP) is -0.712. The van der Waals surface area contributed by atoms with Crippen LogP contribution in [-0.4, -0.2) is 61.8 Å². The Morgan fingerprint density at radius 2 is 1.80 bits per heavy atom. The fraction of sp³-hybridized carbons (Fsp3) is 0.909. The van der Waals surface area contributed by atoms with E-state index in [1.54, 1.807) is 4.90 Å². The molecule has 0 aromatic heterocycles. The number of carbonyl (C=O) groups is 1. The lowest BCUT2D eigenvalue weighted by Gasteiger charge is -2.41. The second-order valence-electron chi connectivity index (χ2n) is 5.45. The van der Waals surface area contributed by atoms with Gasteiger partial charge >= 0.3 is 0 Å². The van der Waals surface area contributed by atoms with Gasteiger partial charge in [0.25, 0.3) is 10.2 Å². The molecule has 1 amide bonds. The summed E-state index contributed by atoms with van der Waals surface area (Å²) in [5.74, 6) is 0.0706. The molecule has 0 bridgehead atoms. The van der Waals surface area contributed by atoms with Crippen LogP contribution in [0.2, 0.25) is 0 Å². The van der Waals surface area contributed by atoms with Gasteiger partial charge in [-0.2, -0.15) is 12.7 Å². The van der Waals surface area contributed by atoms with Crippen molar-refractivity contribution in [3.8, 4) is 0 Å². The van der Waals surface area contributed by atoms with Crippen molar-refractivity contribution in [2.75, 3.05) is 32.7 Å². The zero-order chi connectivity index (χ0) is 14.1. The van der Waals surface area contributed by atoms with Gasteiger partial charge in [0.05, 0.1) is 5.54 Å². The first-order valence-electron chi connectivity index (χ1n) is 6.65. The highest BCUT2D eigenvalue weighted by Crippen LogP contribution is 2.22. The Kier molecular flexibility index (Phi) is 5.79. The van der Waals surface area contributed by atoms with Gasteiger partial charge < -0.3 is 10.2 Å². The Labute approximate surface area is 126 Å². The Balaban J connectivity index is 0.00000200. The van der Waals surface area contributed by atoms with Crippen LogP contribution in [0.3, 0.4) is 0 Å². The molecule has 2 heterocycles. The molecule has 0 saturated carbocycles. The molecule has 0 spiro atoms. The minimum absolute atomic E-state index is 0. The molecule has 9 heteroatoms. The number of amides is 1. The Hall–Kier alpha value is -0.410. The van der Waals surface area contributed by atoms with Crippen molar-refractivity contribution in [1.82, 2.24) is 14.5 Å². The summed E-state index contributed by atoms with van der Waals surface area (Å²) in [5, 5.41) is 8.37. The molecule has 0 aliphatic carbocycles. The number of carbonyl (C=O) groups excluding carboxylic acids is 1. The van der Waals surface area contributed by atoms with E-state index in [9.17, 15) is 13.2 Å². The lowest BCUT2D eigenvalue weighted by molar-refractivity contribution is -0.140. The average Bonchev–Trinajstić information content (AvgIpc) is 2.38. The van der Waals surface area contributed by atoms with Gasteiger partial charge in [-0.15, -0.1) is 12.4 Å². The molecule has 7 nitrogen and oxygen atoms in total. The Morgan fingerprint density at radius 1 is 1.20 bits per heavy atom. The lowest BCUT2D eigenvalue weighted by atomic mass is 9.89. The zero-order valence-corrected chi connectivity index (χ0v) is 13.3. The van der Waals surface area contributed by atoms with Crippen LogP contribution in [0.15, 0.2) is 0 Å². The topological polar surface area (TPSA) is 95.7 Å². The smallest absolute Gasteiger partial charge is 0.277 e. The molecule has 3 N–H and O–H groups in total. The van der Waals surface area contributed by atoms with Crippen LogP contribution in [0.5, 0.6) is 0 Å². The quantitative estimate of drug-likeness (QED) is 0.700. The van der Waals surface area contributed by atoms with Gasteiger partial charge in [-0.1, -0.05) is 0 Å². The molecule has 2 aliphatic rings. The largest absolute Gasteiger partial charge is 0.338 e. The molecule has 0 aromatic carbocycles. The third-order valence-corrected chi connectivity index (χ3v) is 5.06. The van der Waals surface area contributed by atoms with Crippen LogP contribution in [0.25, 0.3) is 0 Å². The van der Waals surface area contributed by atoms with Gasteiger partial charge in [0, 0.05) is 26.2 Å². The van der Waals surface area contributed by atoms with Crippen molar-refractivity contribution >= 4 is 28.5 Å². The first kappa shape index (κ1) is 17.6. The van der Waals surface area contributed by atoms with Crippen LogP contribution < -0.4 is 10.5 Å². The van der Waals surface area contributed by atoms with Crippen molar-refractivity contribution in [2.24, 2.45) is 5.14 Å². The van der Waals surface area contributed by atoms with Gasteiger partial charge in [-0.3, -0.25) is 4.79 Å². The van der Waals surface area contributed by atoms with Gasteiger partial charge in [-0.25, -0.2) is 5.14 Å². The van der Waals surface area contributed by atoms with Crippen molar-refractivity contribution in [1.29, 1.82) is 0 Å². The summed E-state index contributed by atoms with van der Waals surface area (Å²) in [6.07, 6.45) is 2.98. The minimum Gasteiger partial charge on any atom is -0.338 e. The average molecular weight is 327 g/mol. The van der Waals surface area contributed by atoms with Crippen LogP contribution in [0.1, 0.15) is 26.2 Å². The molecule has 2 saturated heterocycles. The number of nitrogens with zero attached hydrogens (tertiary/aromatic N) is 2. The van der Waals surface area contributed by atoms with Crippen LogP contribution in [-0.2, 0) is 15.0 Å². The second-order valence-corrected chi connectivity index (χ2v) is 7.00. The number of piperidine rings is 1. The summed E-state index contributed by atoms with van der Waals surface area (Å²) in [7, 11) is -3.64. The van der Waals surface area contributed by atoms with E-state index in [4.69, 9.17) is 5.14 Å². The van der Waals surface area contributed by atoms with Crippen LogP contribution in [0.4, 0.5) is 0 Å². The van der Waals surface area contributed by atoms with E-state index >= 15 is 0 Å². The number of piperazine rings is 1. The standard InChI is InChI=1S/C11H22N4O3S.ClH/c1-11(4-2-3-5-13-11)10(16)14-6-8-15(9-7-14)19(12,17)18;/h13H,2-9H2,1H3,(H2,12,17,18);1H. The van der Waals surface area contributed by atoms with E-state index in [1.807, 2.05) is 6.92 Å². The third-order valence-electron chi connectivity index (χ3n) is 3.98. The van der Waals surface area contributed by atoms with Crippen LogP contribution >= 0.6 is 12.4 Å². The number of nitrogens with two attached hydrogens (primary N) is 1. The maximum absolute atomic E-state index is 12.5. The number of hydrogen-bond donors (Lipinski definition) is 2. The van der Waals surface area contributed by atoms with Crippen molar-refractivity contribution in [3.63, 3.8) is 0 Å². The van der Waals surface area contributed by atoms with E-state index in [2.05, 4.69) is 5.32 Å². The first-order chi connectivity index (χ1) is 8.83. The van der Waals surface area contributed by atoms with Crippen molar-refractivity contribution < 1.29 is 13.2 Å². The van der Waals surface area contributed by atoms with Crippen molar-refractivity contribution in [3.05, 3.63) is 0 Å². The normalized spacial score (nSPS) is 28.8. The molecular formula is C11H23ClN4O3S. The molecule has 0 radical (unpaired) electrons. The fourth-order valence-electron chi connectivity index (χ4n) is 2.73. The van der Waals surface area contributed by atoms with E-state index in [-0.39, 0.29) is 31.4 Å². The van der Waals surface area contributed by atoms with Crippen LogP contribution in [0, 0.1) is 0 Å². The lowest BCUT2D eigenvalue weighted by Crippen LogP contribution is -2.61. The summed E-state index contributed by atoms with van der Waals surface area (Å²) in [6.45, 7) is 4.17. The SMILES string of the molecule is CC1(C(=O)N2CCN(S(N)(=O)=O)CC2)CCCCN1.Cl. The highest BCUT2D eigenvalue weighted by atomic mass is 35.5. The molecule has 20 heavy (non-hydrogen) atoms. The third kappa shape index (κ3) is 3.82. The molecule has 2 aliphatic heterocycles. The first-order valence-corrected chi connectivity index (χ1v) is 8.15. The van der Waals surface area contributed by atoms with E-state index in [1.165, 1.54) is 4.31 Å². The summed E-state index contributed by atoms with van der Waals surface area (Å²) in [6, 6.07) is 0. The molecule has 118 valence electrons. The van der Waals surface area contributed by atoms with Gasteiger partial charge in [0.15, 0.2) is 0 Å². The van der Waals surface area contributed by atoms with E-state index in [0.717, 1.165) is 25.8 Å². The second kappa shape index (κ2) is 6.57. The zero-order valence-electron chi connectivity index (χ0n) is 11.7. The van der Waals surface area contributed by atoms with E-state index < -0.39 is 15.7 Å². The Morgan fingerprint density at radius 3 is 2.25 bits per heavy atom. The van der Waals surface area contributed by atoms with Gasteiger partial charge in [0.1, 0.15) is 0 Å². The molecule has 2 rings (SSSR count). The number of hydrogen-bond acceptors (Lipinski definition) is 4. The number of nitrogens with one attached hydrogen (secondary N) is 1. The Bertz CT molecular complexity index is 443. The van der Waals surface area contributed by atoms with Gasteiger partial charge in [-0.05, 0) is 32.7 Å². The highest BCUT2D eigenvalue weighted by molar-refractivity contribution is 7.86. The predicted molar refractivity (Wildman–Crippen MR) is 78.8 cm³/mol. The van der Waals surface area contributed by atoms with Crippen molar-refractivity contribution in [2.45, 2.75) is 31.7 Å². The monoisotopic (exact) mass is 326 g/mol. The molecular weight excluding hydrogens is 304 g/mol. The summed E-state index contributed by atoms with van der Waals surface area (Å²) in [5.41, 5.74) is -0.498. The number of halogens is 1. The molecule has 2 fully saturated rings. The summed E-state index contributed by atoms with van der Waals surface area (Å²) >= 11 is 0. The molecule has 1 unspecified atom stereocenters. The van der Waals surface area contributed by atoms with Gasteiger partial charge in [0.2, 0.25) is 5.91 Å². The minimum atomic E-state index is -3.64. The highest BCUT2D eigenvalue weighted by Gasteiger charge is 2.39. The molecule has 0 aromatic rings.